The molecule has 18 heavy (non-hydrogen) atoms. The van der Waals surface area contributed by atoms with Gasteiger partial charge in [0.2, 0.25) is 0 Å². The van der Waals surface area contributed by atoms with Crippen molar-refractivity contribution in [2.75, 3.05) is 25.1 Å². The highest BCUT2D eigenvalue weighted by molar-refractivity contribution is 9.10. The summed E-state index contributed by atoms with van der Waals surface area (Å²) in [6.07, 6.45) is 4.37. The molecular formula is C13H19BrN2O2. The van der Waals surface area contributed by atoms with Gasteiger partial charge in [-0.15, -0.1) is 0 Å². The lowest BCUT2D eigenvalue weighted by Crippen LogP contribution is -2.23. The summed E-state index contributed by atoms with van der Waals surface area (Å²) in [5.41, 5.74) is 0. The van der Waals surface area contributed by atoms with E-state index < -0.39 is 0 Å². The van der Waals surface area contributed by atoms with E-state index in [0.29, 0.717) is 0 Å². The molecule has 5 heteroatoms. The molecule has 1 saturated heterocycles. The third kappa shape index (κ3) is 4.92. The van der Waals surface area contributed by atoms with Crippen molar-refractivity contribution in [1.82, 2.24) is 4.98 Å². The molecule has 1 atom stereocenters. The summed E-state index contributed by atoms with van der Waals surface area (Å²) in [7, 11) is 0. The molecule has 0 saturated carbocycles. The van der Waals surface area contributed by atoms with Crippen molar-refractivity contribution < 1.29 is 9.47 Å². The Morgan fingerprint density at radius 1 is 1.44 bits per heavy atom. The van der Waals surface area contributed by atoms with Gasteiger partial charge in [-0.1, -0.05) is 6.07 Å². The number of pyridine rings is 1. The summed E-state index contributed by atoms with van der Waals surface area (Å²) in [4.78, 5) is 4.30. The minimum absolute atomic E-state index is 0.0164. The normalized spacial score (nSPS) is 19.7. The lowest BCUT2D eigenvalue weighted by atomic mass is 10.2. The maximum Gasteiger partial charge on any atom is 0.157 e. The summed E-state index contributed by atoms with van der Waals surface area (Å²) < 4.78 is 12.0. The van der Waals surface area contributed by atoms with Crippen LogP contribution in [0.2, 0.25) is 0 Å². The van der Waals surface area contributed by atoms with E-state index in [-0.39, 0.29) is 6.29 Å². The van der Waals surface area contributed by atoms with E-state index in [1.54, 1.807) is 0 Å². The average Bonchev–Trinajstić information content (AvgIpc) is 2.40. The Labute approximate surface area is 116 Å². The summed E-state index contributed by atoms with van der Waals surface area (Å²) in [5.74, 6) is 0.887. The van der Waals surface area contributed by atoms with Crippen molar-refractivity contribution in [2.24, 2.45) is 0 Å². The van der Waals surface area contributed by atoms with Crippen molar-refractivity contribution >= 4 is 21.7 Å². The molecule has 0 radical (unpaired) electrons. The Morgan fingerprint density at radius 2 is 2.39 bits per heavy atom. The van der Waals surface area contributed by atoms with Crippen molar-refractivity contribution in [3.05, 3.63) is 22.8 Å². The monoisotopic (exact) mass is 314 g/mol. The van der Waals surface area contributed by atoms with Crippen LogP contribution in [-0.4, -0.2) is 31.0 Å². The van der Waals surface area contributed by atoms with Crippen molar-refractivity contribution in [3.63, 3.8) is 0 Å². The SMILES string of the molecule is Brc1cccc(NCCCOC2CCCCO2)n1. The standard InChI is InChI=1S/C13H19BrN2O2/c14-11-5-3-6-12(16-11)15-8-4-10-18-13-7-1-2-9-17-13/h3,5-6,13H,1-2,4,7-10H2,(H,15,16). The van der Waals surface area contributed by atoms with Crippen LogP contribution in [0.1, 0.15) is 25.7 Å². The molecule has 100 valence electrons. The highest BCUT2D eigenvalue weighted by Crippen LogP contribution is 2.14. The summed E-state index contributed by atoms with van der Waals surface area (Å²) in [6, 6.07) is 5.83. The first-order valence-corrected chi connectivity index (χ1v) is 7.23. The minimum Gasteiger partial charge on any atom is -0.370 e. The summed E-state index contributed by atoms with van der Waals surface area (Å²) in [5, 5.41) is 3.26. The first-order valence-electron chi connectivity index (χ1n) is 6.44. The molecule has 2 heterocycles. The minimum atomic E-state index is 0.0164. The van der Waals surface area contributed by atoms with Crippen LogP contribution in [0.5, 0.6) is 0 Å². The molecule has 1 aromatic heterocycles. The topological polar surface area (TPSA) is 43.4 Å². The largest absolute Gasteiger partial charge is 0.370 e. The van der Waals surface area contributed by atoms with Crippen LogP contribution in [0.15, 0.2) is 22.8 Å². The van der Waals surface area contributed by atoms with E-state index in [4.69, 9.17) is 9.47 Å². The molecule has 1 N–H and O–H groups in total. The van der Waals surface area contributed by atoms with Gasteiger partial charge in [-0.3, -0.25) is 0 Å². The van der Waals surface area contributed by atoms with Crippen LogP contribution in [0.3, 0.4) is 0 Å². The molecule has 0 amide bonds. The Bertz CT molecular complexity index is 357. The van der Waals surface area contributed by atoms with Crippen molar-refractivity contribution in [1.29, 1.82) is 0 Å². The maximum absolute atomic E-state index is 5.65. The van der Waals surface area contributed by atoms with E-state index in [2.05, 4.69) is 26.2 Å². The van der Waals surface area contributed by atoms with Crippen LogP contribution >= 0.6 is 15.9 Å². The van der Waals surface area contributed by atoms with Crippen LogP contribution in [0, 0.1) is 0 Å². The first kappa shape index (κ1) is 13.8. The molecule has 2 rings (SSSR count). The van der Waals surface area contributed by atoms with Gasteiger partial charge >= 0.3 is 0 Å². The van der Waals surface area contributed by atoms with Gasteiger partial charge in [0.05, 0.1) is 6.61 Å². The first-order chi connectivity index (χ1) is 8.84. The van der Waals surface area contributed by atoms with Gasteiger partial charge < -0.3 is 14.8 Å². The molecule has 0 bridgehead atoms. The smallest absolute Gasteiger partial charge is 0.157 e. The fraction of sp³-hybridized carbons (Fsp3) is 0.615. The zero-order chi connectivity index (χ0) is 12.6. The lowest BCUT2D eigenvalue weighted by Gasteiger charge is -2.22. The zero-order valence-corrected chi connectivity index (χ0v) is 12.0. The van der Waals surface area contributed by atoms with Gasteiger partial charge in [0.1, 0.15) is 10.4 Å². The van der Waals surface area contributed by atoms with E-state index in [1.165, 1.54) is 6.42 Å². The predicted octanol–water partition coefficient (Wildman–Crippen LogP) is 3.19. The zero-order valence-electron chi connectivity index (χ0n) is 10.4. The highest BCUT2D eigenvalue weighted by atomic mass is 79.9. The maximum atomic E-state index is 5.65. The van der Waals surface area contributed by atoms with Crippen LogP contribution < -0.4 is 5.32 Å². The Kier molecular flexibility index (Phi) is 5.90. The number of nitrogens with one attached hydrogen (secondary N) is 1. The molecule has 1 aromatic rings. The van der Waals surface area contributed by atoms with Gasteiger partial charge in [0.15, 0.2) is 6.29 Å². The fourth-order valence-electron chi connectivity index (χ4n) is 1.85. The number of hydrogen-bond donors (Lipinski definition) is 1. The second-order valence-corrected chi connectivity index (χ2v) is 5.11. The van der Waals surface area contributed by atoms with Gasteiger partial charge in [0.25, 0.3) is 0 Å². The number of ether oxygens (including phenoxy) is 2. The molecule has 1 unspecified atom stereocenters. The highest BCUT2D eigenvalue weighted by Gasteiger charge is 2.13. The molecule has 4 nitrogen and oxygen atoms in total. The molecule has 1 aliphatic heterocycles. The quantitative estimate of drug-likeness (QED) is 0.647. The van der Waals surface area contributed by atoms with Gasteiger partial charge in [-0.05, 0) is 53.7 Å². The number of nitrogens with zero attached hydrogens (tertiary/aromatic N) is 1. The number of halogens is 1. The van der Waals surface area contributed by atoms with Gasteiger partial charge in [-0.25, -0.2) is 4.98 Å². The molecule has 1 fully saturated rings. The van der Waals surface area contributed by atoms with E-state index >= 15 is 0 Å². The third-order valence-electron chi connectivity index (χ3n) is 2.78. The van der Waals surface area contributed by atoms with E-state index in [0.717, 1.165) is 49.4 Å². The second-order valence-electron chi connectivity index (χ2n) is 4.29. The Balaban J connectivity index is 1.55. The molecule has 0 aromatic carbocycles. The van der Waals surface area contributed by atoms with Crippen LogP contribution in [0.25, 0.3) is 0 Å². The summed E-state index contributed by atoms with van der Waals surface area (Å²) >= 11 is 3.34. The van der Waals surface area contributed by atoms with Crippen LogP contribution in [-0.2, 0) is 9.47 Å². The lowest BCUT2D eigenvalue weighted by molar-refractivity contribution is -0.162. The average molecular weight is 315 g/mol. The number of hydrogen-bond acceptors (Lipinski definition) is 4. The second kappa shape index (κ2) is 7.71. The van der Waals surface area contributed by atoms with E-state index in [1.807, 2.05) is 18.2 Å². The predicted molar refractivity (Wildman–Crippen MR) is 74.6 cm³/mol. The van der Waals surface area contributed by atoms with Gasteiger partial charge in [-0.2, -0.15) is 0 Å². The Hall–Kier alpha value is -0.650. The molecule has 0 aliphatic carbocycles. The van der Waals surface area contributed by atoms with Crippen LogP contribution in [0.4, 0.5) is 5.82 Å². The third-order valence-corrected chi connectivity index (χ3v) is 3.23. The van der Waals surface area contributed by atoms with Gasteiger partial charge in [0, 0.05) is 13.2 Å². The molecule has 1 aliphatic rings. The summed E-state index contributed by atoms with van der Waals surface area (Å²) in [6.45, 7) is 2.42. The van der Waals surface area contributed by atoms with Crippen molar-refractivity contribution in [2.45, 2.75) is 32.0 Å². The molecular weight excluding hydrogens is 296 g/mol. The Morgan fingerprint density at radius 3 is 3.17 bits per heavy atom. The van der Waals surface area contributed by atoms with Crippen molar-refractivity contribution in [3.8, 4) is 0 Å². The fourth-order valence-corrected chi connectivity index (χ4v) is 2.20. The number of rotatable bonds is 6. The number of aromatic nitrogens is 1. The van der Waals surface area contributed by atoms with E-state index in [9.17, 15) is 0 Å². The molecule has 0 spiro atoms. The number of anilines is 1.